The van der Waals surface area contributed by atoms with Crippen LogP contribution in [0.25, 0.3) is 0 Å². The van der Waals surface area contributed by atoms with Crippen LogP contribution in [-0.4, -0.2) is 81.4 Å². The lowest BCUT2D eigenvalue weighted by Crippen LogP contribution is -2.34. The number of Topliss-reactive ketones (excluding diaryl/α,β-unsaturated/α-hetero) is 1. The van der Waals surface area contributed by atoms with E-state index in [0.717, 1.165) is 5.56 Å². The highest BCUT2D eigenvalue weighted by Crippen LogP contribution is 2.01. The molecule has 218 valence electrons. The maximum absolute atomic E-state index is 10.4. The van der Waals surface area contributed by atoms with E-state index in [2.05, 4.69) is 5.32 Å². The van der Waals surface area contributed by atoms with Gasteiger partial charge in [0.1, 0.15) is 18.1 Å². The predicted molar refractivity (Wildman–Crippen MR) is 147 cm³/mol. The van der Waals surface area contributed by atoms with Gasteiger partial charge in [0, 0.05) is 6.54 Å². The van der Waals surface area contributed by atoms with Gasteiger partial charge < -0.3 is 43.6 Å². The number of carbonyl (C=O) groups is 4. The molecule has 13 N–H and O–H groups in total. The summed E-state index contributed by atoms with van der Waals surface area (Å²) >= 11 is 10.0. The van der Waals surface area contributed by atoms with Crippen molar-refractivity contribution in [1.29, 1.82) is 5.41 Å². The molecule has 0 saturated carbocycles. The number of hydrogen-bond acceptors (Lipinski definition) is 8. The molecule has 0 bridgehead atoms. The van der Waals surface area contributed by atoms with Crippen molar-refractivity contribution in [2.75, 3.05) is 18.3 Å². The van der Waals surface area contributed by atoms with E-state index in [1.165, 1.54) is 0 Å². The Balaban J connectivity index is -0.000000446. The molecule has 0 fully saturated rings. The van der Waals surface area contributed by atoms with Crippen LogP contribution in [0.5, 0.6) is 0 Å². The normalized spacial score (nSPS) is 12.0. The molecule has 1 aromatic rings. The van der Waals surface area contributed by atoms with Crippen molar-refractivity contribution in [3.05, 3.63) is 35.9 Å². The number of carboxylic acid groups (broad SMARTS) is 3. The highest BCUT2D eigenvalue weighted by molar-refractivity contribution is 6.35. The summed E-state index contributed by atoms with van der Waals surface area (Å²) in [6, 6.07) is 7.01. The van der Waals surface area contributed by atoms with Crippen LogP contribution in [-0.2, 0) is 25.6 Å². The summed E-state index contributed by atoms with van der Waals surface area (Å²) in [5.74, 6) is -3.05. The van der Waals surface area contributed by atoms with Crippen molar-refractivity contribution >= 4 is 52.9 Å². The first-order valence-electron chi connectivity index (χ1n) is 11.3. The molecule has 3 unspecified atom stereocenters. The maximum atomic E-state index is 10.4. The second-order valence-electron chi connectivity index (χ2n) is 7.98. The van der Waals surface area contributed by atoms with E-state index in [0.29, 0.717) is 25.8 Å². The maximum Gasteiger partial charge on any atom is 0.320 e. The quantitative estimate of drug-likeness (QED) is 0.0700. The van der Waals surface area contributed by atoms with Gasteiger partial charge in [-0.15, -0.1) is 23.2 Å². The largest absolute Gasteiger partial charge is 0.480 e. The first-order valence-corrected chi connectivity index (χ1v) is 12.4. The second kappa shape index (κ2) is 24.4. The Hall–Kier alpha value is -2.97. The van der Waals surface area contributed by atoms with Gasteiger partial charge in [-0.3, -0.25) is 24.6 Å². The summed E-state index contributed by atoms with van der Waals surface area (Å²) in [5.41, 5.74) is 21.7. The highest BCUT2D eigenvalue weighted by Gasteiger charge is 2.14. The van der Waals surface area contributed by atoms with Gasteiger partial charge in [0.05, 0.1) is 11.8 Å². The number of guanidine groups is 1. The fourth-order valence-electron chi connectivity index (χ4n) is 1.94. The fourth-order valence-corrected chi connectivity index (χ4v) is 2.23. The van der Waals surface area contributed by atoms with Gasteiger partial charge in [0.25, 0.3) is 0 Å². The van der Waals surface area contributed by atoms with Crippen LogP contribution < -0.4 is 28.3 Å². The zero-order valence-electron chi connectivity index (χ0n) is 21.5. The smallest absolute Gasteiger partial charge is 0.320 e. The molecule has 0 heterocycles. The van der Waals surface area contributed by atoms with E-state index in [9.17, 15) is 19.2 Å². The second-order valence-corrected chi connectivity index (χ2v) is 8.51. The van der Waals surface area contributed by atoms with Gasteiger partial charge in [0.2, 0.25) is 0 Å². The van der Waals surface area contributed by atoms with E-state index >= 15 is 0 Å². The molecule has 0 amide bonds. The molecule has 0 spiro atoms. The number of hydrogen-bond donors (Lipinski definition) is 9. The van der Waals surface area contributed by atoms with E-state index in [1.54, 1.807) is 13.8 Å². The predicted octanol–water partition coefficient (Wildman–Crippen LogP) is 0.390. The number of aliphatic carboxylic acids is 3. The minimum atomic E-state index is -1.00. The number of ketones is 1. The molecule has 1 rings (SSSR count). The molecule has 3 atom stereocenters. The minimum absolute atomic E-state index is 0.0208. The van der Waals surface area contributed by atoms with E-state index < -0.39 is 36.0 Å². The molecule has 1 aromatic carbocycles. The van der Waals surface area contributed by atoms with Crippen LogP contribution in [0.1, 0.15) is 32.3 Å². The third-order valence-electron chi connectivity index (χ3n) is 4.24. The Kier molecular flexibility index (Phi) is 25.4. The van der Waals surface area contributed by atoms with Gasteiger partial charge in [0.15, 0.2) is 11.7 Å². The van der Waals surface area contributed by atoms with Crippen molar-refractivity contribution in [3.8, 4) is 0 Å². The molecular weight excluding hydrogens is 543 g/mol. The number of alkyl halides is 2. The Morgan fingerprint density at radius 2 is 1.37 bits per heavy atom. The van der Waals surface area contributed by atoms with E-state index in [4.69, 9.17) is 66.9 Å². The zero-order chi connectivity index (χ0) is 30.3. The average Bonchev–Trinajstić information content (AvgIpc) is 2.86. The van der Waals surface area contributed by atoms with E-state index in [1.807, 2.05) is 30.3 Å². The van der Waals surface area contributed by atoms with Crippen LogP contribution in [0.15, 0.2) is 30.3 Å². The summed E-state index contributed by atoms with van der Waals surface area (Å²) in [6.45, 7) is 4.04. The fraction of sp³-hybridized carbons (Fsp3) is 0.522. The first-order chi connectivity index (χ1) is 17.6. The summed E-state index contributed by atoms with van der Waals surface area (Å²) in [4.78, 5) is 40.5. The summed E-state index contributed by atoms with van der Waals surface area (Å²) < 4.78 is 0. The van der Waals surface area contributed by atoms with Gasteiger partial charge in [-0.2, -0.15) is 0 Å². The Bertz CT molecular complexity index is 826. The van der Waals surface area contributed by atoms with Crippen LogP contribution in [0.3, 0.4) is 0 Å². The highest BCUT2D eigenvalue weighted by atomic mass is 35.5. The molecule has 0 aliphatic heterocycles. The Morgan fingerprint density at radius 1 is 0.895 bits per heavy atom. The third-order valence-corrected chi connectivity index (χ3v) is 4.84. The lowest BCUT2D eigenvalue weighted by atomic mass is 10.1. The minimum Gasteiger partial charge on any atom is -0.480 e. The number of halogens is 2. The molecule has 0 saturated heterocycles. The molecule has 0 aliphatic carbocycles. The summed E-state index contributed by atoms with van der Waals surface area (Å²) in [5, 5.41) is 34.5. The number of carboxylic acids is 3. The van der Waals surface area contributed by atoms with Crippen LogP contribution in [0.4, 0.5) is 0 Å². The molecule has 38 heavy (non-hydrogen) atoms. The van der Waals surface area contributed by atoms with Crippen molar-refractivity contribution in [2.24, 2.45) is 28.9 Å². The van der Waals surface area contributed by atoms with Crippen molar-refractivity contribution in [1.82, 2.24) is 5.32 Å². The lowest BCUT2D eigenvalue weighted by Gasteiger charge is -2.07. The van der Waals surface area contributed by atoms with Crippen LogP contribution >= 0.6 is 23.2 Å². The zero-order valence-corrected chi connectivity index (χ0v) is 23.0. The number of carbonyl (C=O) groups excluding carboxylic acids is 1. The molecule has 0 radical (unpaired) electrons. The molecule has 13 nitrogen and oxygen atoms in total. The van der Waals surface area contributed by atoms with Crippen molar-refractivity contribution < 1.29 is 34.5 Å². The number of benzene rings is 1. The van der Waals surface area contributed by atoms with Gasteiger partial charge in [-0.25, -0.2) is 0 Å². The standard InChI is InChI=1S/C9H11NO2.C6H14N4O2.C5H11NO2.C3H4Cl2O/c10-8(9(11)12)6-7-4-2-1-3-5-7;7-4(5(11)12)2-1-3-10-6(8)9;1-3(2)4(6)5(7)8;4-1-3(6)2-5/h1-5,8H,6,10H2,(H,11,12);4H,1-3,7H2,(H,11,12)(H4,8,9,10);3-4H,6H2,1-2H3,(H,7,8);1-2H2. The SMILES string of the molecule is CC(C)C(N)C(=O)O.N=C(N)NCCCC(N)C(=O)O.NC(Cc1ccccc1)C(=O)O.O=C(CCl)CCl. The average molecular weight is 584 g/mol. The third kappa shape index (κ3) is 26.1. The van der Waals surface area contributed by atoms with Crippen LogP contribution in [0.2, 0.25) is 0 Å². The summed E-state index contributed by atoms with van der Waals surface area (Å²) in [6.07, 6.45) is 1.36. The lowest BCUT2D eigenvalue weighted by molar-refractivity contribution is -0.140. The Labute approximate surface area is 232 Å². The number of rotatable bonds is 12. The Morgan fingerprint density at radius 3 is 1.66 bits per heavy atom. The molecule has 0 aliphatic rings. The van der Waals surface area contributed by atoms with Gasteiger partial charge in [-0.1, -0.05) is 44.2 Å². The molecule has 0 aromatic heterocycles. The van der Waals surface area contributed by atoms with Crippen LogP contribution in [0, 0.1) is 11.3 Å². The summed E-state index contributed by atoms with van der Waals surface area (Å²) in [7, 11) is 0. The van der Waals surface area contributed by atoms with Crippen molar-refractivity contribution in [2.45, 2.75) is 51.2 Å². The molecular formula is C23H40Cl2N6O7. The number of nitrogens with one attached hydrogen (secondary N) is 2. The first kappa shape index (κ1) is 39.5. The van der Waals surface area contributed by atoms with Gasteiger partial charge >= 0.3 is 17.9 Å². The number of nitrogens with two attached hydrogens (primary N) is 4. The topological polar surface area (TPSA) is 269 Å². The monoisotopic (exact) mass is 582 g/mol. The van der Waals surface area contributed by atoms with Crippen molar-refractivity contribution in [3.63, 3.8) is 0 Å². The molecule has 15 heteroatoms. The van der Waals surface area contributed by atoms with Gasteiger partial charge in [-0.05, 0) is 30.7 Å². The van der Waals surface area contributed by atoms with E-state index in [-0.39, 0.29) is 29.4 Å².